The maximum Gasteiger partial charge on any atom is 1.00 e. The molecule has 1 rings (SSSR count). The Balaban J connectivity index is 0.00000576. The van der Waals surface area contributed by atoms with Gasteiger partial charge >= 0.3 is 51.4 Å². The smallest absolute Gasteiger partial charge is 0.547 e. The fraction of sp³-hybridized carbons (Fsp3) is 0.917. The molecule has 9 atom stereocenters. The second kappa shape index (κ2) is 11.5. The average Bonchev–Trinajstić information content (AvgIpc) is 2.57. The van der Waals surface area contributed by atoms with Crippen molar-refractivity contribution in [3.8, 4) is 0 Å². The number of aliphatic hydroxyl groups is 8. The zero-order chi connectivity index (χ0) is 18.6. The molecule has 13 heteroatoms. The van der Waals surface area contributed by atoms with Gasteiger partial charge in [-0.05, 0) is 0 Å². The fourth-order valence-electron chi connectivity index (χ4n) is 2.14. The first-order valence-electron chi connectivity index (χ1n) is 6.97. The molecule has 0 unspecified atom stereocenters. The summed E-state index contributed by atoms with van der Waals surface area (Å²) in [5.41, 5.74) is 0. The second-order valence-electron chi connectivity index (χ2n) is 5.30. The average molecular weight is 396 g/mol. The van der Waals surface area contributed by atoms with E-state index in [2.05, 4.69) is 0 Å². The molecular weight excluding hydrogens is 375 g/mol. The topological polar surface area (TPSA) is 220 Å². The molecule has 1 aliphatic rings. The van der Waals surface area contributed by atoms with Crippen molar-refractivity contribution >= 4 is 5.97 Å². The summed E-state index contributed by atoms with van der Waals surface area (Å²) in [5, 5.41) is 86.3. The van der Waals surface area contributed by atoms with Crippen LogP contribution in [-0.4, -0.2) is 115 Å². The van der Waals surface area contributed by atoms with Crippen LogP contribution in [0.3, 0.4) is 0 Å². The number of carbonyl (C=O) groups is 1. The van der Waals surface area contributed by atoms with Crippen LogP contribution in [0.4, 0.5) is 0 Å². The van der Waals surface area contributed by atoms with Gasteiger partial charge in [0.1, 0.15) is 48.8 Å². The Kier molecular flexibility index (Phi) is 11.9. The predicted molar refractivity (Wildman–Crippen MR) is 68.8 cm³/mol. The van der Waals surface area contributed by atoms with Crippen LogP contribution in [0, 0.1) is 0 Å². The minimum absolute atomic E-state index is 0. The van der Waals surface area contributed by atoms with Gasteiger partial charge in [0.15, 0.2) is 6.29 Å². The molecule has 1 aliphatic heterocycles. The van der Waals surface area contributed by atoms with Crippen molar-refractivity contribution in [1.29, 1.82) is 0 Å². The maximum atomic E-state index is 10.8. The van der Waals surface area contributed by atoms with Crippen LogP contribution in [0.15, 0.2) is 0 Å². The van der Waals surface area contributed by atoms with Crippen LogP contribution in [0.5, 0.6) is 0 Å². The normalized spacial score (nSPS) is 34.5. The number of aliphatic carboxylic acids is 1. The van der Waals surface area contributed by atoms with Gasteiger partial charge in [0.05, 0.1) is 19.2 Å². The monoisotopic (exact) mass is 396 g/mol. The van der Waals surface area contributed by atoms with E-state index in [1.807, 2.05) is 0 Å². The standard InChI is InChI=1S/C12H22O12.K/c13-1-3(15)5(16)10(9(20)11(21)22)24-12-8(19)7(18)6(17)4(2-14)23-12;/h3-10,12-20H,1-2H2,(H,21,22);/q;+1/p-1/t3-,4+,5+,6-,7-,8+,9-,10-,12-;/m0./s1. The van der Waals surface area contributed by atoms with Gasteiger partial charge in [0.2, 0.25) is 0 Å². The molecule has 0 aliphatic carbocycles. The Bertz CT molecular complexity index is 410. The van der Waals surface area contributed by atoms with E-state index in [0.29, 0.717) is 0 Å². The Morgan fingerprint density at radius 1 is 1.08 bits per heavy atom. The summed E-state index contributed by atoms with van der Waals surface area (Å²) in [6, 6.07) is 0. The number of carboxylic acid groups (broad SMARTS) is 1. The van der Waals surface area contributed by atoms with E-state index in [4.69, 9.17) is 19.7 Å². The van der Waals surface area contributed by atoms with Crippen molar-refractivity contribution in [2.75, 3.05) is 13.2 Å². The molecule has 0 bridgehead atoms. The molecule has 142 valence electrons. The Morgan fingerprint density at radius 2 is 1.64 bits per heavy atom. The largest absolute Gasteiger partial charge is 1.00 e. The first kappa shape index (κ1) is 25.7. The molecule has 0 aromatic carbocycles. The maximum absolute atomic E-state index is 10.8. The summed E-state index contributed by atoms with van der Waals surface area (Å²) >= 11 is 0. The van der Waals surface area contributed by atoms with E-state index >= 15 is 0 Å². The van der Waals surface area contributed by atoms with E-state index in [1.165, 1.54) is 0 Å². The van der Waals surface area contributed by atoms with Crippen LogP contribution >= 0.6 is 0 Å². The van der Waals surface area contributed by atoms with Gasteiger partial charge < -0.3 is 60.2 Å². The number of carboxylic acids is 1. The molecule has 12 nitrogen and oxygen atoms in total. The van der Waals surface area contributed by atoms with Crippen molar-refractivity contribution in [3.63, 3.8) is 0 Å². The van der Waals surface area contributed by atoms with Crippen LogP contribution in [0.1, 0.15) is 0 Å². The van der Waals surface area contributed by atoms with E-state index in [-0.39, 0.29) is 51.4 Å². The summed E-state index contributed by atoms with van der Waals surface area (Å²) in [5.74, 6) is -2.09. The van der Waals surface area contributed by atoms with Crippen LogP contribution < -0.4 is 56.5 Å². The third kappa shape index (κ3) is 6.37. The summed E-state index contributed by atoms with van der Waals surface area (Å²) in [7, 11) is 0. The van der Waals surface area contributed by atoms with Gasteiger partial charge in [-0.25, -0.2) is 0 Å². The summed E-state index contributed by atoms with van der Waals surface area (Å²) < 4.78 is 9.86. The van der Waals surface area contributed by atoms with E-state index in [0.717, 1.165) is 0 Å². The Morgan fingerprint density at radius 3 is 2.08 bits per heavy atom. The van der Waals surface area contributed by atoms with Crippen molar-refractivity contribution in [2.24, 2.45) is 0 Å². The molecule has 1 fully saturated rings. The first-order chi connectivity index (χ1) is 11.1. The Labute approximate surface area is 184 Å². The van der Waals surface area contributed by atoms with Gasteiger partial charge in [-0.1, -0.05) is 0 Å². The second-order valence-corrected chi connectivity index (χ2v) is 5.30. The summed E-state index contributed by atoms with van der Waals surface area (Å²) in [6.07, 6.45) is -17.4. The SMILES string of the molecule is O=C([O-])[C@@H](O)[C@@H](O[C@@H]1O[C@H](CO)[C@H](O)[C@H](O)[C@H]1O)[C@H](O)[C@@H](O)CO.[K+]. The van der Waals surface area contributed by atoms with Gasteiger partial charge in [0, 0.05) is 0 Å². The Hall–Kier alpha value is 0.706. The van der Waals surface area contributed by atoms with Crippen LogP contribution in [0.2, 0.25) is 0 Å². The minimum atomic E-state index is -2.49. The number of carbonyl (C=O) groups excluding carboxylic acids is 1. The van der Waals surface area contributed by atoms with Crippen LogP contribution in [-0.2, 0) is 14.3 Å². The summed E-state index contributed by atoms with van der Waals surface area (Å²) in [6.45, 7) is -1.80. The van der Waals surface area contributed by atoms with Gasteiger partial charge in [-0.15, -0.1) is 0 Å². The van der Waals surface area contributed by atoms with E-state index in [9.17, 15) is 40.5 Å². The van der Waals surface area contributed by atoms with Crippen molar-refractivity contribution in [2.45, 2.75) is 55.1 Å². The summed E-state index contributed by atoms with van der Waals surface area (Å²) in [4.78, 5) is 10.8. The number of ether oxygens (including phenoxy) is 2. The van der Waals surface area contributed by atoms with Crippen molar-refractivity contribution in [1.82, 2.24) is 0 Å². The zero-order valence-corrected chi connectivity index (χ0v) is 16.4. The van der Waals surface area contributed by atoms with Crippen molar-refractivity contribution < 1.29 is 112 Å². The molecule has 0 saturated carbocycles. The van der Waals surface area contributed by atoms with Gasteiger partial charge in [0.25, 0.3) is 0 Å². The number of rotatable bonds is 8. The van der Waals surface area contributed by atoms with Crippen LogP contribution in [0.25, 0.3) is 0 Å². The third-order valence-corrected chi connectivity index (χ3v) is 3.61. The van der Waals surface area contributed by atoms with E-state index < -0.39 is 74.3 Å². The molecule has 8 N–H and O–H groups in total. The van der Waals surface area contributed by atoms with E-state index in [1.54, 1.807) is 0 Å². The number of aliphatic hydroxyl groups excluding tert-OH is 8. The molecule has 0 aromatic rings. The predicted octanol–water partition coefficient (Wildman–Crippen LogP) is -10.00. The molecule has 0 spiro atoms. The zero-order valence-electron chi connectivity index (χ0n) is 13.3. The van der Waals surface area contributed by atoms with Gasteiger partial charge in [-0.3, -0.25) is 0 Å². The molecule has 1 heterocycles. The third-order valence-electron chi connectivity index (χ3n) is 3.61. The number of hydrogen-bond acceptors (Lipinski definition) is 12. The molecule has 1 saturated heterocycles. The molecular formula is C12H21KO12. The molecule has 0 aromatic heterocycles. The van der Waals surface area contributed by atoms with Crippen molar-refractivity contribution in [3.05, 3.63) is 0 Å². The fourth-order valence-corrected chi connectivity index (χ4v) is 2.14. The molecule has 25 heavy (non-hydrogen) atoms. The van der Waals surface area contributed by atoms with Gasteiger partial charge in [-0.2, -0.15) is 0 Å². The quantitative estimate of drug-likeness (QED) is 0.179. The minimum Gasteiger partial charge on any atom is -0.547 e. The number of hydrogen-bond donors (Lipinski definition) is 8. The molecule has 0 amide bonds. The first-order valence-corrected chi connectivity index (χ1v) is 6.97. The molecule has 0 radical (unpaired) electrons.